The van der Waals surface area contributed by atoms with Crippen molar-refractivity contribution in [2.24, 2.45) is 28.7 Å². The Morgan fingerprint density at radius 2 is 1.97 bits per heavy atom. The molecule has 2 aliphatic rings. The Bertz CT molecular complexity index is 780. The summed E-state index contributed by atoms with van der Waals surface area (Å²) < 4.78 is 13.7. The lowest BCUT2D eigenvalue weighted by Gasteiger charge is -2.39. The van der Waals surface area contributed by atoms with Gasteiger partial charge in [-0.3, -0.25) is 9.59 Å². The highest BCUT2D eigenvalue weighted by molar-refractivity contribution is 6.32. The number of carbonyl (C=O) groups is 2. The van der Waals surface area contributed by atoms with Crippen molar-refractivity contribution in [3.63, 3.8) is 0 Å². The average Bonchev–Trinajstić information content (AvgIpc) is 3.48. The summed E-state index contributed by atoms with van der Waals surface area (Å²) in [6.07, 6.45) is 7.68. The number of nitrogens with one attached hydrogen (secondary N) is 2. The van der Waals surface area contributed by atoms with Crippen LogP contribution in [-0.2, 0) is 9.59 Å². The molecule has 2 fully saturated rings. The quantitative estimate of drug-likeness (QED) is 0.379. The van der Waals surface area contributed by atoms with Crippen molar-refractivity contribution >= 4 is 37.2 Å². The zero-order valence-electron chi connectivity index (χ0n) is 17.0. The summed E-state index contributed by atoms with van der Waals surface area (Å²) in [6, 6.07) is 2.16. The molecule has 0 aliphatic heterocycles. The molecule has 2 radical (unpaired) electrons. The molecule has 2 amide bonds. The van der Waals surface area contributed by atoms with Crippen LogP contribution in [-0.4, -0.2) is 43.9 Å². The Hall–Kier alpha value is -2.25. The first-order valence-electron chi connectivity index (χ1n) is 10.3. The minimum Gasteiger partial charge on any atom is -0.344 e. The third kappa shape index (κ3) is 5.43. The standard InChI is InChI=1S/C21H28BFN4O2/c1-12(10-11-24-2)20(28)27-18(17(14-6-7-14)13-4-3-5-13)21(29)26-16-9-8-15(22)19(23)25-16/h8-9,11-14,17-18H,3-7,10H2,1-2H3,(H,27,28)(H,25,26,29). The third-order valence-corrected chi connectivity index (χ3v) is 6.04. The fourth-order valence-corrected chi connectivity index (χ4v) is 3.96. The molecule has 2 N–H and O–H groups in total. The van der Waals surface area contributed by atoms with Crippen molar-refractivity contribution < 1.29 is 14.0 Å². The number of pyridine rings is 1. The van der Waals surface area contributed by atoms with Gasteiger partial charge in [-0.25, -0.2) is 4.98 Å². The van der Waals surface area contributed by atoms with Gasteiger partial charge in [-0.15, -0.1) is 0 Å². The highest BCUT2D eigenvalue weighted by atomic mass is 19.1. The summed E-state index contributed by atoms with van der Waals surface area (Å²) in [5.74, 6) is -0.576. The molecule has 0 aromatic carbocycles. The molecule has 8 heteroatoms. The summed E-state index contributed by atoms with van der Waals surface area (Å²) in [7, 11) is 7.13. The minimum atomic E-state index is -0.825. The van der Waals surface area contributed by atoms with Crippen LogP contribution in [0.25, 0.3) is 0 Å². The minimum absolute atomic E-state index is 0.0791. The number of anilines is 1. The molecular formula is C21H28BFN4O2. The number of hydrogen-bond donors (Lipinski definition) is 2. The maximum absolute atomic E-state index is 13.7. The third-order valence-electron chi connectivity index (χ3n) is 6.04. The van der Waals surface area contributed by atoms with Crippen LogP contribution in [0.4, 0.5) is 10.2 Å². The number of carbonyl (C=O) groups excluding carboxylic acids is 2. The highest BCUT2D eigenvalue weighted by Gasteiger charge is 2.46. The molecule has 0 bridgehead atoms. The number of rotatable bonds is 9. The van der Waals surface area contributed by atoms with E-state index in [9.17, 15) is 14.0 Å². The first-order valence-corrected chi connectivity index (χ1v) is 10.3. The van der Waals surface area contributed by atoms with Crippen molar-refractivity contribution in [2.45, 2.75) is 51.5 Å². The van der Waals surface area contributed by atoms with Crippen molar-refractivity contribution in [1.29, 1.82) is 0 Å². The first-order chi connectivity index (χ1) is 13.9. The van der Waals surface area contributed by atoms with E-state index in [1.165, 1.54) is 12.1 Å². The van der Waals surface area contributed by atoms with Crippen molar-refractivity contribution in [3.8, 4) is 0 Å². The Balaban J connectivity index is 1.78. The van der Waals surface area contributed by atoms with E-state index in [1.54, 1.807) is 13.3 Å². The van der Waals surface area contributed by atoms with Gasteiger partial charge in [0.1, 0.15) is 19.7 Å². The van der Waals surface area contributed by atoms with E-state index in [2.05, 4.69) is 20.6 Å². The molecule has 154 valence electrons. The molecule has 0 saturated heterocycles. The summed E-state index contributed by atoms with van der Waals surface area (Å²) in [4.78, 5) is 33.5. The zero-order valence-corrected chi connectivity index (χ0v) is 17.0. The van der Waals surface area contributed by atoms with Gasteiger partial charge in [0, 0.05) is 13.0 Å². The predicted octanol–water partition coefficient (Wildman–Crippen LogP) is 1.99. The van der Waals surface area contributed by atoms with Gasteiger partial charge in [-0.05, 0) is 54.8 Å². The summed E-state index contributed by atoms with van der Waals surface area (Å²) in [5, 5.41) is 5.66. The van der Waals surface area contributed by atoms with Crippen LogP contribution < -0.4 is 16.1 Å². The molecule has 3 unspecified atom stereocenters. The zero-order chi connectivity index (χ0) is 21.0. The van der Waals surface area contributed by atoms with E-state index in [0.29, 0.717) is 18.3 Å². The monoisotopic (exact) mass is 398 g/mol. The second-order valence-corrected chi connectivity index (χ2v) is 8.24. The van der Waals surface area contributed by atoms with Gasteiger partial charge in [-0.1, -0.05) is 32.3 Å². The van der Waals surface area contributed by atoms with Crippen LogP contribution in [0.5, 0.6) is 0 Å². The maximum Gasteiger partial charge on any atom is 0.248 e. The molecule has 1 aromatic heterocycles. The number of nitrogens with zero attached hydrogens (tertiary/aromatic N) is 2. The molecular weight excluding hydrogens is 370 g/mol. The molecule has 3 rings (SSSR count). The second kappa shape index (κ2) is 9.50. The molecule has 0 spiro atoms. The summed E-state index contributed by atoms with van der Waals surface area (Å²) in [6.45, 7) is 1.82. The van der Waals surface area contributed by atoms with E-state index in [4.69, 9.17) is 7.85 Å². The van der Waals surface area contributed by atoms with Gasteiger partial charge >= 0.3 is 0 Å². The number of amides is 2. The smallest absolute Gasteiger partial charge is 0.248 e. The maximum atomic E-state index is 13.7. The molecule has 29 heavy (non-hydrogen) atoms. The lowest BCUT2D eigenvalue weighted by Crippen LogP contribution is -2.53. The largest absolute Gasteiger partial charge is 0.344 e. The SMILES string of the molecule is [B]c1ccc(NC(=O)C(NC(=O)C(C)CC=NC)C(C2CCC2)C2CC2)nc1F. The average molecular weight is 398 g/mol. The van der Waals surface area contributed by atoms with E-state index < -0.39 is 12.0 Å². The Morgan fingerprint density at radius 1 is 1.28 bits per heavy atom. The lowest BCUT2D eigenvalue weighted by atomic mass is 9.70. The van der Waals surface area contributed by atoms with Gasteiger partial charge < -0.3 is 15.6 Å². The van der Waals surface area contributed by atoms with Crippen LogP contribution >= 0.6 is 0 Å². The summed E-state index contributed by atoms with van der Waals surface area (Å²) in [5.41, 5.74) is -0.0791. The topological polar surface area (TPSA) is 83.5 Å². The number of halogens is 1. The number of hydrogen-bond acceptors (Lipinski definition) is 4. The Morgan fingerprint density at radius 3 is 2.52 bits per heavy atom. The normalized spacial score (nSPS) is 20.0. The van der Waals surface area contributed by atoms with Crippen molar-refractivity contribution in [1.82, 2.24) is 10.3 Å². The van der Waals surface area contributed by atoms with E-state index >= 15 is 0 Å². The fraction of sp³-hybridized carbons (Fsp3) is 0.619. The summed E-state index contributed by atoms with van der Waals surface area (Å²) >= 11 is 0. The molecule has 1 aromatic rings. The van der Waals surface area contributed by atoms with Gasteiger partial charge in [0.2, 0.25) is 17.8 Å². The molecule has 2 aliphatic carbocycles. The van der Waals surface area contributed by atoms with Crippen LogP contribution in [0.2, 0.25) is 0 Å². The predicted molar refractivity (Wildman–Crippen MR) is 112 cm³/mol. The highest BCUT2D eigenvalue weighted by Crippen LogP contribution is 2.48. The molecule has 3 atom stereocenters. The lowest BCUT2D eigenvalue weighted by molar-refractivity contribution is -0.130. The van der Waals surface area contributed by atoms with Crippen LogP contribution in [0.3, 0.4) is 0 Å². The van der Waals surface area contributed by atoms with Gasteiger partial charge in [0.05, 0.1) is 0 Å². The molecule has 1 heterocycles. The fourth-order valence-electron chi connectivity index (χ4n) is 3.96. The van der Waals surface area contributed by atoms with Crippen LogP contribution in [0.1, 0.15) is 45.4 Å². The van der Waals surface area contributed by atoms with E-state index in [0.717, 1.165) is 32.1 Å². The van der Waals surface area contributed by atoms with Gasteiger partial charge in [0.25, 0.3) is 0 Å². The van der Waals surface area contributed by atoms with Crippen molar-refractivity contribution in [3.05, 3.63) is 18.1 Å². The number of aliphatic imine (C=N–C) groups is 1. The van der Waals surface area contributed by atoms with Gasteiger partial charge in [-0.2, -0.15) is 4.39 Å². The first kappa shape index (κ1) is 21.5. The Kier molecular flexibility index (Phi) is 7.03. The van der Waals surface area contributed by atoms with Crippen LogP contribution in [0.15, 0.2) is 17.1 Å². The van der Waals surface area contributed by atoms with E-state index in [-0.39, 0.29) is 34.9 Å². The van der Waals surface area contributed by atoms with Crippen molar-refractivity contribution in [2.75, 3.05) is 12.4 Å². The number of aromatic nitrogens is 1. The molecule has 6 nitrogen and oxygen atoms in total. The van der Waals surface area contributed by atoms with Crippen LogP contribution in [0, 0.1) is 29.6 Å². The second-order valence-electron chi connectivity index (χ2n) is 8.24. The Labute approximate surface area is 172 Å². The van der Waals surface area contributed by atoms with Gasteiger partial charge in [0.15, 0.2) is 0 Å². The molecule has 2 saturated carbocycles. The van der Waals surface area contributed by atoms with E-state index in [1.807, 2.05) is 6.92 Å².